The highest BCUT2D eigenvalue weighted by Crippen LogP contribution is 2.15. The van der Waals surface area contributed by atoms with Crippen molar-refractivity contribution in [3.63, 3.8) is 0 Å². The summed E-state index contributed by atoms with van der Waals surface area (Å²) < 4.78 is 5.51. The number of carbonyl (C=O) groups excluding carboxylic acids is 1. The lowest BCUT2D eigenvalue weighted by atomic mass is 10.1. The summed E-state index contributed by atoms with van der Waals surface area (Å²) in [7, 11) is 0. The van der Waals surface area contributed by atoms with Gasteiger partial charge in [-0.15, -0.1) is 0 Å². The van der Waals surface area contributed by atoms with Gasteiger partial charge in [-0.2, -0.15) is 0 Å². The number of carboxylic acids is 1. The number of hydrogen-bond acceptors (Lipinski definition) is 4. The third kappa shape index (κ3) is 5.15. The van der Waals surface area contributed by atoms with Crippen LogP contribution < -0.4 is 0 Å². The van der Waals surface area contributed by atoms with Crippen LogP contribution >= 0.6 is 0 Å². The van der Waals surface area contributed by atoms with Gasteiger partial charge in [0.25, 0.3) is 0 Å². The Morgan fingerprint density at radius 2 is 2.10 bits per heavy atom. The molecule has 1 aromatic heterocycles. The van der Waals surface area contributed by atoms with Crippen LogP contribution in [-0.4, -0.2) is 52.7 Å². The fraction of sp³-hybridized carbons (Fsp3) is 0.533. The highest BCUT2D eigenvalue weighted by molar-refractivity contribution is 5.78. The number of pyridine rings is 1. The molecule has 0 spiro atoms. The van der Waals surface area contributed by atoms with Gasteiger partial charge >= 0.3 is 5.97 Å². The Kier molecular flexibility index (Phi) is 5.68. The first kappa shape index (κ1) is 15.4. The van der Waals surface area contributed by atoms with E-state index in [9.17, 15) is 9.59 Å². The van der Waals surface area contributed by atoms with Crippen molar-refractivity contribution in [2.75, 3.05) is 19.7 Å². The number of rotatable bonds is 6. The normalized spacial score (nSPS) is 15.9. The molecule has 0 radical (unpaired) electrons. The molecule has 0 bridgehead atoms. The maximum absolute atomic E-state index is 12.1. The molecule has 0 aliphatic carbocycles. The first-order valence-electron chi connectivity index (χ1n) is 7.16. The van der Waals surface area contributed by atoms with Crippen LogP contribution in [0.3, 0.4) is 0 Å². The zero-order valence-electron chi connectivity index (χ0n) is 11.9. The summed E-state index contributed by atoms with van der Waals surface area (Å²) >= 11 is 0. The van der Waals surface area contributed by atoms with Gasteiger partial charge in [0.05, 0.1) is 25.6 Å². The smallest absolute Gasteiger partial charge is 0.305 e. The first-order chi connectivity index (χ1) is 10.1. The molecule has 1 aromatic rings. The zero-order valence-corrected chi connectivity index (χ0v) is 11.9. The molecule has 2 rings (SSSR count). The van der Waals surface area contributed by atoms with Crippen LogP contribution in [0.25, 0.3) is 0 Å². The molecule has 114 valence electrons. The van der Waals surface area contributed by atoms with Crippen LogP contribution in [0.15, 0.2) is 24.4 Å². The van der Waals surface area contributed by atoms with Gasteiger partial charge in [-0.3, -0.25) is 14.6 Å². The lowest BCUT2D eigenvalue weighted by Gasteiger charge is -2.31. The molecule has 0 atom stereocenters. The molecule has 2 heterocycles. The molecular formula is C15H20N2O4. The molecule has 1 saturated heterocycles. The van der Waals surface area contributed by atoms with Crippen LogP contribution in [-0.2, 0) is 20.7 Å². The summed E-state index contributed by atoms with van der Waals surface area (Å²) in [6.45, 7) is 1.55. The second-order valence-electron chi connectivity index (χ2n) is 5.09. The first-order valence-corrected chi connectivity index (χ1v) is 7.16. The second kappa shape index (κ2) is 7.73. The van der Waals surface area contributed by atoms with E-state index >= 15 is 0 Å². The molecule has 21 heavy (non-hydrogen) atoms. The largest absolute Gasteiger partial charge is 0.481 e. The van der Waals surface area contributed by atoms with Crippen molar-refractivity contribution >= 4 is 11.9 Å². The number of piperidine rings is 1. The Balaban J connectivity index is 1.71. The quantitative estimate of drug-likeness (QED) is 0.849. The van der Waals surface area contributed by atoms with E-state index in [-0.39, 0.29) is 25.0 Å². The van der Waals surface area contributed by atoms with Crippen molar-refractivity contribution in [1.29, 1.82) is 0 Å². The van der Waals surface area contributed by atoms with Crippen molar-refractivity contribution < 1.29 is 19.4 Å². The zero-order chi connectivity index (χ0) is 15.1. The fourth-order valence-electron chi connectivity index (χ4n) is 2.35. The predicted molar refractivity (Wildman–Crippen MR) is 75.7 cm³/mol. The van der Waals surface area contributed by atoms with Crippen molar-refractivity contribution in [3.8, 4) is 0 Å². The minimum absolute atomic E-state index is 0.0266. The Bertz CT molecular complexity index is 470. The van der Waals surface area contributed by atoms with Crippen molar-refractivity contribution in [2.45, 2.75) is 31.8 Å². The number of carboxylic acid groups (broad SMARTS) is 1. The molecule has 0 unspecified atom stereocenters. The fourth-order valence-corrected chi connectivity index (χ4v) is 2.35. The molecule has 0 saturated carbocycles. The Morgan fingerprint density at radius 1 is 1.33 bits per heavy atom. The minimum atomic E-state index is -0.849. The van der Waals surface area contributed by atoms with Crippen molar-refractivity contribution in [3.05, 3.63) is 30.1 Å². The number of nitrogens with zero attached hydrogens (tertiary/aromatic N) is 2. The maximum atomic E-state index is 12.1. The molecule has 1 aliphatic heterocycles. The highest BCUT2D eigenvalue weighted by atomic mass is 16.5. The van der Waals surface area contributed by atoms with Gasteiger partial charge < -0.3 is 14.7 Å². The number of likely N-dealkylation sites (tertiary alicyclic amines) is 1. The highest BCUT2D eigenvalue weighted by Gasteiger charge is 2.23. The second-order valence-corrected chi connectivity index (χ2v) is 5.09. The molecule has 1 fully saturated rings. The van der Waals surface area contributed by atoms with Crippen LogP contribution in [0.2, 0.25) is 0 Å². The van der Waals surface area contributed by atoms with Gasteiger partial charge in [0.2, 0.25) is 5.91 Å². The third-order valence-corrected chi connectivity index (χ3v) is 3.52. The van der Waals surface area contributed by atoms with Crippen LogP contribution in [0.4, 0.5) is 0 Å². The Morgan fingerprint density at radius 3 is 2.71 bits per heavy atom. The lowest BCUT2D eigenvalue weighted by Crippen LogP contribution is -2.41. The topological polar surface area (TPSA) is 79.7 Å². The minimum Gasteiger partial charge on any atom is -0.481 e. The molecule has 0 aromatic carbocycles. The van der Waals surface area contributed by atoms with E-state index in [0.29, 0.717) is 19.5 Å². The average Bonchev–Trinajstić information content (AvgIpc) is 2.48. The lowest BCUT2D eigenvalue weighted by molar-refractivity contribution is -0.139. The number of ether oxygens (including phenoxy) is 1. The van der Waals surface area contributed by atoms with Gasteiger partial charge in [-0.05, 0) is 25.0 Å². The van der Waals surface area contributed by atoms with E-state index in [0.717, 1.165) is 18.5 Å². The van der Waals surface area contributed by atoms with E-state index in [1.165, 1.54) is 0 Å². The summed E-state index contributed by atoms with van der Waals surface area (Å²) in [4.78, 5) is 28.5. The third-order valence-electron chi connectivity index (χ3n) is 3.52. The molecule has 1 amide bonds. The Hall–Kier alpha value is -1.95. The number of carbonyl (C=O) groups is 2. The SMILES string of the molecule is O=C(O)CCOC1CCN(C(=O)Cc2ccccn2)CC1. The average molecular weight is 292 g/mol. The molecule has 1 N–H and O–H groups in total. The van der Waals surface area contributed by atoms with Crippen molar-refractivity contribution in [2.24, 2.45) is 0 Å². The number of amides is 1. The number of hydrogen-bond donors (Lipinski definition) is 1. The van der Waals surface area contributed by atoms with E-state index in [4.69, 9.17) is 9.84 Å². The van der Waals surface area contributed by atoms with Gasteiger partial charge in [0.1, 0.15) is 0 Å². The van der Waals surface area contributed by atoms with Crippen molar-refractivity contribution in [1.82, 2.24) is 9.88 Å². The van der Waals surface area contributed by atoms with E-state index in [1.54, 1.807) is 6.20 Å². The standard InChI is InChI=1S/C15H20N2O4/c18-14(11-12-3-1-2-7-16-12)17-8-4-13(5-9-17)21-10-6-15(19)20/h1-3,7,13H,4-6,8-11H2,(H,19,20). The maximum Gasteiger partial charge on any atom is 0.305 e. The van der Waals surface area contributed by atoms with Gasteiger partial charge in [0, 0.05) is 25.0 Å². The van der Waals surface area contributed by atoms with Gasteiger partial charge in [-0.1, -0.05) is 6.07 Å². The van der Waals surface area contributed by atoms with Crippen LogP contribution in [0.1, 0.15) is 25.0 Å². The Labute approximate surface area is 123 Å². The molecule has 6 heteroatoms. The number of aliphatic carboxylic acids is 1. The summed E-state index contributed by atoms with van der Waals surface area (Å²) in [5, 5.41) is 8.56. The number of aromatic nitrogens is 1. The molecule has 6 nitrogen and oxygen atoms in total. The van der Waals surface area contributed by atoms with Gasteiger partial charge in [-0.25, -0.2) is 0 Å². The monoisotopic (exact) mass is 292 g/mol. The van der Waals surface area contributed by atoms with Crippen LogP contribution in [0.5, 0.6) is 0 Å². The molecular weight excluding hydrogens is 272 g/mol. The van der Waals surface area contributed by atoms with E-state index < -0.39 is 5.97 Å². The summed E-state index contributed by atoms with van der Waals surface area (Å²) in [6.07, 6.45) is 3.61. The van der Waals surface area contributed by atoms with E-state index in [2.05, 4.69) is 4.98 Å². The van der Waals surface area contributed by atoms with E-state index in [1.807, 2.05) is 23.1 Å². The summed E-state index contributed by atoms with van der Waals surface area (Å²) in [6, 6.07) is 5.55. The predicted octanol–water partition coefficient (Wildman–Crippen LogP) is 1.11. The summed E-state index contributed by atoms with van der Waals surface area (Å²) in [5.41, 5.74) is 0.780. The van der Waals surface area contributed by atoms with Crippen LogP contribution in [0, 0.1) is 0 Å². The van der Waals surface area contributed by atoms with Gasteiger partial charge in [0.15, 0.2) is 0 Å². The molecule has 1 aliphatic rings. The summed E-state index contributed by atoms with van der Waals surface area (Å²) in [5.74, 6) is -0.768.